The van der Waals surface area contributed by atoms with E-state index in [1.165, 1.54) is 90.4 Å². The first kappa shape index (κ1) is 17.3. The summed E-state index contributed by atoms with van der Waals surface area (Å²) in [6, 6.07) is 0. The first-order valence-electron chi connectivity index (χ1n) is 10.7. The van der Waals surface area contributed by atoms with Crippen LogP contribution >= 0.6 is 0 Å². The number of rotatable bonds is 5. The maximum Gasteiger partial charge on any atom is 0.156 e. The second kappa shape index (κ2) is 7.61. The van der Waals surface area contributed by atoms with E-state index in [1.807, 2.05) is 0 Å². The lowest BCUT2D eigenvalue weighted by molar-refractivity contribution is -0.462. The van der Waals surface area contributed by atoms with Crippen LogP contribution in [0.25, 0.3) is 0 Å². The van der Waals surface area contributed by atoms with Crippen molar-refractivity contribution in [3.05, 3.63) is 0 Å². The van der Waals surface area contributed by atoms with E-state index in [9.17, 15) is 0 Å². The van der Waals surface area contributed by atoms with Crippen LogP contribution in [0.15, 0.2) is 0 Å². The topological polar surface area (TPSA) is 24.9 Å². The maximum absolute atomic E-state index is 6.45. The molecule has 2 heterocycles. The highest BCUT2D eigenvalue weighted by atomic mass is 17.2. The molecule has 0 aromatic heterocycles. The van der Waals surface area contributed by atoms with E-state index in [2.05, 4.69) is 9.80 Å². The molecule has 2 aliphatic heterocycles. The number of hydrogen-bond donors (Lipinski definition) is 0. The molecule has 0 unspecified atom stereocenters. The van der Waals surface area contributed by atoms with E-state index in [4.69, 9.17) is 9.78 Å². The van der Waals surface area contributed by atoms with Crippen molar-refractivity contribution in [3.63, 3.8) is 0 Å². The van der Waals surface area contributed by atoms with Crippen LogP contribution in [0, 0.1) is 0 Å². The summed E-state index contributed by atoms with van der Waals surface area (Å²) in [5, 5.41) is 0. The summed E-state index contributed by atoms with van der Waals surface area (Å²) >= 11 is 0. The van der Waals surface area contributed by atoms with E-state index in [1.54, 1.807) is 0 Å². The third kappa shape index (κ3) is 3.40. The Kier molecular flexibility index (Phi) is 5.47. The molecule has 4 fully saturated rings. The van der Waals surface area contributed by atoms with Gasteiger partial charge in [-0.3, -0.25) is 9.80 Å². The van der Waals surface area contributed by atoms with Gasteiger partial charge in [0.2, 0.25) is 0 Å². The molecule has 4 aliphatic rings. The van der Waals surface area contributed by atoms with Crippen molar-refractivity contribution < 1.29 is 9.78 Å². The van der Waals surface area contributed by atoms with Crippen LogP contribution in [0.1, 0.15) is 89.9 Å². The Balaban J connectivity index is 1.45. The summed E-state index contributed by atoms with van der Waals surface area (Å²) in [4.78, 5) is 18.1. The molecule has 24 heavy (non-hydrogen) atoms. The first-order valence-corrected chi connectivity index (χ1v) is 10.7. The van der Waals surface area contributed by atoms with Crippen LogP contribution in [0.2, 0.25) is 0 Å². The molecule has 0 N–H and O–H groups in total. The number of hydrogen-bond acceptors (Lipinski definition) is 4. The third-order valence-corrected chi connectivity index (χ3v) is 6.99. The third-order valence-electron chi connectivity index (χ3n) is 6.99. The molecule has 0 bridgehead atoms. The molecule has 2 aliphatic carbocycles. The van der Waals surface area contributed by atoms with Crippen LogP contribution in [-0.2, 0) is 9.78 Å². The fraction of sp³-hybridized carbons (Fsp3) is 1.00. The lowest BCUT2D eigenvalue weighted by Gasteiger charge is -2.47. The Hall–Kier alpha value is -0.160. The lowest BCUT2D eigenvalue weighted by atomic mass is 10.0. The molecule has 2 saturated heterocycles. The van der Waals surface area contributed by atoms with Crippen molar-refractivity contribution >= 4 is 0 Å². The highest BCUT2D eigenvalue weighted by Gasteiger charge is 2.48. The van der Waals surface area contributed by atoms with E-state index in [0.717, 1.165) is 25.7 Å². The van der Waals surface area contributed by atoms with Crippen LogP contribution < -0.4 is 0 Å². The predicted molar refractivity (Wildman–Crippen MR) is 95.4 cm³/mol. The Morgan fingerprint density at radius 1 is 0.417 bits per heavy atom. The van der Waals surface area contributed by atoms with Gasteiger partial charge in [-0.1, -0.05) is 12.8 Å². The Morgan fingerprint density at radius 3 is 1.08 bits per heavy atom. The van der Waals surface area contributed by atoms with Gasteiger partial charge in [0.05, 0.1) is 0 Å². The molecular formula is C20H36N2O2. The maximum atomic E-state index is 6.45. The van der Waals surface area contributed by atoms with Gasteiger partial charge in [0.25, 0.3) is 0 Å². The molecule has 0 radical (unpaired) electrons. The van der Waals surface area contributed by atoms with Crippen LogP contribution in [0.3, 0.4) is 0 Å². The minimum absolute atomic E-state index is 0.119. The van der Waals surface area contributed by atoms with Crippen molar-refractivity contribution in [1.29, 1.82) is 0 Å². The van der Waals surface area contributed by atoms with Crippen molar-refractivity contribution in [2.45, 2.75) is 101 Å². The molecule has 138 valence electrons. The zero-order chi connectivity index (χ0) is 16.3. The van der Waals surface area contributed by atoms with E-state index in [-0.39, 0.29) is 11.4 Å². The standard InChI is InChI=1S/C20H36N2O2/c1-7-15-21(16-8-1)19(11-3-4-12-19)23-24-20(13-5-6-14-20)22-17-9-2-10-18-22/h1-18H2. The van der Waals surface area contributed by atoms with Gasteiger partial charge >= 0.3 is 0 Å². The number of likely N-dealkylation sites (tertiary alicyclic amines) is 2. The molecule has 4 heteroatoms. The normalized spacial score (nSPS) is 31.5. The average Bonchev–Trinajstić information content (AvgIpc) is 3.33. The molecule has 4 nitrogen and oxygen atoms in total. The smallest absolute Gasteiger partial charge is 0.156 e. The van der Waals surface area contributed by atoms with Gasteiger partial charge < -0.3 is 0 Å². The monoisotopic (exact) mass is 336 g/mol. The lowest BCUT2D eigenvalue weighted by Crippen LogP contribution is -2.56. The summed E-state index contributed by atoms with van der Waals surface area (Å²) in [5.74, 6) is 0. The summed E-state index contributed by atoms with van der Waals surface area (Å²) in [6.45, 7) is 4.78. The van der Waals surface area contributed by atoms with Gasteiger partial charge in [-0.05, 0) is 77.0 Å². The van der Waals surface area contributed by atoms with Gasteiger partial charge in [-0.2, -0.15) is 0 Å². The van der Waals surface area contributed by atoms with Crippen LogP contribution in [-0.4, -0.2) is 47.4 Å². The molecule has 0 aromatic rings. The minimum Gasteiger partial charge on any atom is -0.273 e. The van der Waals surface area contributed by atoms with Crippen LogP contribution in [0.5, 0.6) is 0 Å². The zero-order valence-electron chi connectivity index (χ0n) is 15.4. The van der Waals surface area contributed by atoms with Gasteiger partial charge in [-0.15, -0.1) is 0 Å². The second-order valence-corrected chi connectivity index (χ2v) is 8.57. The highest BCUT2D eigenvalue weighted by Crippen LogP contribution is 2.43. The Bertz CT molecular complexity index is 352. The van der Waals surface area contributed by atoms with Gasteiger partial charge in [0.1, 0.15) is 0 Å². The number of piperidine rings is 2. The highest BCUT2D eigenvalue weighted by molar-refractivity contribution is 4.90. The second-order valence-electron chi connectivity index (χ2n) is 8.57. The van der Waals surface area contributed by atoms with E-state index in [0.29, 0.717) is 0 Å². The predicted octanol–water partition coefficient (Wildman–Crippen LogP) is 4.45. The first-order chi connectivity index (χ1) is 11.8. The SMILES string of the molecule is C1CCN(C2(OOC3(N4CCCCC4)CCCC3)CCCC2)CC1. The van der Waals surface area contributed by atoms with Crippen LogP contribution in [0.4, 0.5) is 0 Å². The van der Waals surface area contributed by atoms with E-state index < -0.39 is 0 Å². The molecule has 0 amide bonds. The largest absolute Gasteiger partial charge is 0.273 e. The number of nitrogens with zero attached hydrogens (tertiary/aromatic N) is 2. The molecular weight excluding hydrogens is 300 g/mol. The van der Waals surface area contributed by atoms with Crippen molar-refractivity contribution in [2.75, 3.05) is 26.2 Å². The van der Waals surface area contributed by atoms with Gasteiger partial charge in [0.15, 0.2) is 11.4 Å². The molecule has 0 spiro atoms. The van der Waals surface area contributed by atoms with Crippen molar-refractivity contribution in [1.82, 2.24) is 9.80 Å². The summed E-state index contributed by atoms with van der Waals surface area (Å²) < 4.78 is 0. The molecule has 0 aromatic carbocycles. The summed E-state index contributed by atoms with van der Waals surface area (Å²) in [6.07, 6.45) is 17.8. The fourth-order valence-electron chi connectivity index (χ4n) is 5.52. The molecule has 0 atom stereocenters. The Morgan fingerprint density at radius 2 is 0.750 bits per heavy atom. The van der Waals surface area contributed by atoms with E-state index >= 15 is 0 Å². The van der Waals surface area contributed by atoms with Crippen molar-refractivity contribution in [3.8, 4) is 0 Å². The van der Waals surface area contributed by atoms with Gasteiger partial charge in [-0.25, -0.2) is 9.78 Å². The van der Waals surface area contributed by atoms with Crippen molar-refractivity contribution in [2.24, 2.45) is 0 Å². The Labute approximate surface area is 147 Å². The molecule has 4 rings (SSSR count). The molecule has 2 saturated carbocycles. The summed E-state index contributed by atoms with van der Waals surface area (Å²) in [5.41, 5.74) is -0.238. The minimum atomic E-state index is -0.119. The van der Waals surface area contributed by atoms with Gasteiger partial charge in [0, 0.05) is 26.2 Å². The average molecular weight is 337 g/mol. The quantitative estimate of drug-likeness (QED) is 0.547. The summed E-state index contributed by atoms with van der Waals surface area (Å²) in [7, 11) is 0. The fourth-order valence-corrected chi connectivity index (χ4v) is 5.52. The zero-order valence-corrected chi connectivity index (χ0v) is 15.4.